The van der Waals surface area contributed by atoms with Crippen LogP contribution >= 0.6 is 0 Å². The van der Waals surface area contributed by atoms with Crippen LogP contribution in [0.4, 0.5) is 0 Å². The highest BCUT2D eigenvalue weighted by atomic mass is 16.3. The predicted molar refractivity (Wildman–Crippen MR) is 73.3 cm³/mol. The Hall–Kier alpha value is -2.75. The van der Waals surface area contributed by atoms with Gasteiger partial charge in [0, 0.05) is 23.2 Å². The molecule has 19 heavy (non-hydrogen) atoms. The Morgan fingerprint density at radius 2 is 1.74 bits per heavy atom. The summed E-state index contributed by atoms with van der Waals surface area (Å²) in [6.45, 7) is 0. The number of phenolic OH excluding ortho intramolecular Hbond substituents is 2. The summed E-state index contributed by atoms with van der Waals surface area (Å²) in [7, 11) is 0. The van der Waals surface area contributed by atoms with E-state index in [0.29, 0.717) is 10.9 Å². The summed E-state index contributed by atoms with van der Waals surface area (Å²) in [5.41, 5.74) is 1.25. The van der Waals surface area contributed by atoms with Crippen molar-refractivity contribution in [3.05, 3.63) is 59.0 Å². The molecule has 0 aliphatic rings. The quantitative estimate of drug-likeness (QED) is 0.624. The molecule has 4 nitrogen and oxygen atoms in total. The number of fused-ring (bicyclic) bond motifs is 1. The van der Waals surface area contributed by atoms with E-state index in [1.165, 1.54) is 12.1 Å². The van der Waals surface area contributed by atoms with Crippen molar-refractivity contribution in [3.8, 4) is 22.6 Å². The molecule has 3 N–H and O–H groups in total. The Morgan fingerprint density at radius 1 is 1.00 bits per heavy atom. The van der Waals surface area contributed by atoms with Crippen molar-refractivity contribution in [3.63, 3.8) is 0 Å². The number of phenols is 2. The molecular weight excluding hydrogens is 242 g/mol. The fourth-order valence-electron chi connectivity index (χ4n) is 2.21. The van der Waals surface area contributed by atoms with Gasteiger partial charge in [-0.05, 0) is 11.6 Å². The lowest BCUT2D eigenvalue weighted by Gasteiger charge is -2.08. The van der Waals surface area contributed by atoms with E-state index in [-0.39, 0.29) is 22.4 Å². The number of aromatic hydroxyl groups is 2. The first-order valence-electron chi connectivity index (χ1n) is 5.79. The van der Waals surface area contributed by atoms with Crippen LogP contribution in [0.15, 0.2) is 53.5 Å². The molecule has 0 fully saturated rings. The minimum atomic E-state index is -0.346. The van der Waals surface area contributed by atoms with Gasteiger partial charge >= 0.3 is 0 Å². The monoisotopic (exact) mass is 253 g/mol. The first-order valence-corrected chi connectivity index (χ1v) is 5.79. The summed E-state index contributed by atoms with van der Waals surface area (Å²) >= 11 is 0. The predicted octanol–water partition coefficient (Wildman–Crippen LogP) is 2.61. The molecule has 2 aromatic carbocycles. The van der Waals surface area contributed by atoms with E-state index in [4.69, 9.17) is 0 Å². The third-order valence-corrected chi connectivity index (χ3v) is 3.05. The molecule has 0 radical (unpaired) electrons. The van der Waals surface area contributed by atoms with Gasteiger partial charge in [-0.2, -0.15) is 0 Å². The zero-order valence-electron chi connectivity index (χ0n) is 9.92. The second-order valence-corrected chi connectivity index (χ2v) is 4.28. The lowest BCUT2D eigenvalue weighted by Crippen LogP contribution is -2.05. The van der Waals surface area contributed by atoms with Gasteiger partial charge in [-0.15, -0.1) is 0 Å². The van der Waals surface area contributed by atoms with Crippen LogP contribution in [0.3, 0.4) is 0 Å². The Bertz CT molecular complexity index is 807. The largest absolute Gasteiger partial charge is 0.508 e. The molecule has 3 rings (SSSR count). The van der Waals surface area contributed by atoms with Gasteiger partial charge in [0.15, 0.2) is 0 Å². The number of rotatable bonds is 1. The standard InChI is InChI=1S/C15H11NO3/c17-10-6-11-14(13(18)7-10)12(8-16-15(11)19)9-4-2-1-3-5-9/h1-8,17-18H,(H,16,19). The van der Waals surface area contributed by atoms with Crippen LogP contribution in [-0.4, -0.2) is 15.2 Å². The van der Waals surface area contributed by atoms with Crippen LogP contribution in [0.1, 0.15) is 0 Å². The van der Waals surface area contributed by atoms with Crippen molar-refractivity contribution >= 4 is 10.8 Å². The number of hydrogen-bond acceptors (Lipinski definition) is 3. The van der Waals surface area contributed by atoms with Crippen molar-refractivity contribution in [1.29, 1.82) is 0 Å². The number of pyridine rings is 1. The Labute approximate surface area is 108 Å². The van der Waals surface area contributed by atoms with Gasteiger partial charge in [0.25, 0.3) is 5.56 Å². The molecule has 0 bridgehead atoms. The van der Waals surface area contributed by atoms with Crippen LogP contribution in [0.5, 0.6) is 11.5 Å². The van der Waals surface area contributed by atoms with E-state index in [2.05, 4.69) is 4.98 Å². The van der Waals surface area contributed by atoms with E-state index in [1.54, 1.807) is 6.20 Å². The van der Waals surface area contributed by atoms with Crippen molar-refractivity contribution in [1.82, 2.24) is 4.98 Å². The third kappa shape index (κ3) is 1.83. The normalized spacial score (nSPS) is 10.7. The van der Waals surface area contributed by atoms with Gasteiger partial charge in [0.2, 0.25) is 0 Å². The van der Waals surface area contributed by atoms with Crippen molar-refractivity contribution < 1.29 is 10.2 Å². The Morgan fingerprint density at radius 3 is 2.47 bits per heavy atom. The number of aromatic nitrogens is 1. The summed E-state index contributed by atoms with van der Waals surface area (Å²) in [6.07, 6.45) is 1.57. The zero-order chi connectivity index (χ0) is 13.4. The van der Waals surface area contributed by atoms with Crippen LogP contribution < -0.4 is 5.56 Å². The summed E-state index contributed by atoms with van der Waals surface area (Å²) in [6, 6.07) is 12.0. The zero-order valence-corrected chi connectivity index (χ0v) is 9.92. The first kappa shape index (κ1) is 11.3. The molecule has 0 saturated heterocycles. The summed E-state index contributed by atoms with van der Waals surface area (Å²) in [4.78, 5) is 14.4. The van der Waals surface area contributed by atoms with Crippen LogP contribution in [0, 0.1) is 0 Å². The Kier molecular flexibility index (Phi) is 2.49. The highest BCUT2D eigenvalue weighted by molar-refractivity contribution is 6.00. The smallest absolute Gasteiger partial charge is 0.256 e. The molecule has 94 valence electrons. The molecule has 0 saturated carbocycles. The second kappa shape index (κ2) is 4.17. The van der Waals surface area contributed by atoms with Crippen molar-refractivity contribution in [2.24, 2.45) is 0 Å². The van der Waals surface area contributed by atoms with Crippen LogP contribution in [-0.2, 0) is 0 Å². The molecule has 0 amide bonds. The molecule has 0 unspecified atom stereocenters. The highest BCUT2D eigenvalue weighted by Crippen LogP contribution is 2.35. The van der Waals surface area contributed by atoms with Gasteiger partial charge < -0.3 is 15.2 Å². The number of aromatic amines is 1. The minimum Gasteiger partial charge on any atom is -0.508 e. The van der Waals surface area contributed by atoms with Crippen molar-refractivity contribution in [2.75, 3.05) is 0 Å². The van der Waals surface area contributed by atoms with E-state index in [9.17, 15) is 15.0 Å². The van der Waals surface area contributed by atoms with E-state index in [1.807, 2.05) is 30.3 Å². The fourth-order valence-corrected chi connectivity index (χ4v) is 2.21. The lowest BCUT2D eigenvalue weighted by atomic mass is 10.00. The molecule has 1 heterocycles. The molecule has 1 aromatic heterocycles. The highest BCUT2D eigenvalue weighted by Gasteiger charge is 2.12. The molecular formula is C15H11NO3. The first-order chi connectivity index (χ1) is 9.16. The number of H-pyrrole nitrogens is 1. The van der Waals surface area contributed by atoms with Crippen molar-refractivity contribution in [2.45, 2.75) is 0 Å². The van der Waals surface area contributed by atoms with Gasteiger partial charge in [-0.1, -0.05) is 30.3 Å². The SMILES string of the molecule is O=c1[nH]cc(-c2ccccc2)c2c(O)cc(O)cc12. The third-order valence-electron chi connectivity index (χ3n) is 3.05. The van der Waals surface area contributed by atoms with Gasteiger partial charge in [0.05, 0.1) is 5.39 Å². The summed E-state index contributed by atoms with van der Waals surface area (Å²) in [5.74, 6) is -0.249. The van der Waals surface area contributed by atoms with Gasteiger partial charge in [-0.25, -0.2) is 0 Å². The van der Waals surface area contributed by atoms with Gasteiger partial charge in [0.1, 0.15) is 11.5 Å². The molecule has 4 heteroatoms. The minimum absolute atomic E-state index is 0.111. The lowest BCUT2D eigenvalue weighted by molar-refractivity contribution is 0.455. The van der Waals surface area contributed by atoms with Crippen LogP contribution in [0.25, 0.3) is 21.9 Å². The maximum atomic E-state index is 11.8. The topological polar surface area (TPSA) is 73.3 Å². The maximum absolute atomic E-state index is 11.8. The number of benzene rings is 2. The average Bonchev–Trinajstić information content (AvgIpc) is 2.41. The molecule has 0 atom stereocenters. The van der Waals surface area contributed by atoms with Gasteiger partial charge in [-0.3, -0.25) is 4.79 Å². The summed E-state index contributed by atoms with van der Waals surface area (Å²) < 4.78 is 0. The Balaban J connectivity index is 2.46. The fraction of sp³-hybridized carbons (Fsp3) is 0. The van der Waals surface area contributed by atoms with E-state index in [0.717, 1.165) is 5.56 Å². The van der Waals surface area contributed by atoms with E-state index >= 15 is 0 Å². The molecule has 0 spiro atoms. The van der Waals surface area contributed by atoms with Crippen LogP contribution in [0.2, 0.25) is 0 Å². The number of hydrogen-bond donors (Lipinski definition) is 3. The molecule has 3 aromatic rings. The molecule has 0 aliphatic carbocycles. The van der Waals surface area contributed by atoms with E-state index < -0.39 is 0 Å². The second-order valence-electron chi connectivity index (χ2n) is 4.28. The average molecular weight is 253 g/mol. The maximum Gasteiger partial charge on any atom is 0.256 e. The number of nitrogens with one attached hydrogen (secondary N) is 1. The summed E-state index contributed by atoms with van der Waals surface area (Å²) in [5, 5.41) is 20.2. The molecule has 0 aliphatic heterocycles.